The van der Waals surface area contributed by atoms with Crippen LogP contribution in [-0.4, -0.2) is 18.0 Å². The highest BCUT2D eigenvalue weighted by atomic mass is 16.5. The van der Waals surface area contributed by atoms with Crippen molar-refractivity contribution in [1.82, 2.24) is 0 Å². The first-order valence-electron chi connectivity index (χ1n) is 6.15. The Bertz CT molecular complexity index is 483. The van der Waals surface area contributed by atoms with Gasteiger partial charge in [-0.1, -0.05) is 5.57 Å². The third-order valence-electron chi connectivity index (χ3n) is 2.15. The largest absolute Gasteiger partial charge is 0.459 e. The van der Waals surface area contributed by atoms with Gasteiger partial charge in [-0.3, -0.25) is 4.79 Å². The minimum Gasteiger partial charge on any atom is -0.459 e. The maximum atomic E-state index is 11.6. The molecule has 0 radical (unpaired) electrons. The number of rotatable bonds is 4. The molecular formula is C15H19NO3. The van der Waals surface area contributed by atoms with Crippen molar-refractivity contribution in [2.24, 2.45) is 0 Å². The number of nitrogens with one attached hydrogen (secondary N) is 1. The van der Waals surface area contributed by atoms with E-state index in [1.165, 1.54) is 6.08 Å². The molecule has 0 bridgehead atoms. The van der Waals surface area contributed by atoms with Crippen LogP contribution in [-0.2, 0) is 9.53 Å². The maximum absolute atomic E-state index is 11.6. The number of carbonyl (C=O) groups excluding carboxylic acids is 2. The van der Waals surface area contributed by atoms with Crippen LogP contribution in [0.2, 0.25) is 0 Å². The third kappa shape index (κ3) is 5.38. The fourth-order valence-corrected chi connectivity index (χ4v) is 1.41. The normalized spacial score (nSPS) is 9.95. The Labute approximate surface area is 113 Å². The Morgan fingerprint density at radius 2 is 1.74 bits per heavy atom. The quantitative estimate of drug-likeness (QED) is 0.669. The zero-order valence-corrected chi connectivity index (χ0v) is 11.7. The average molecular weight is 261 g/mol. The Morgan fingerprint density at radius 1 is 1.16 bits per heavy atom. The second kappa shape index (κ2) is 6.73. The summed E-state index contributed by atoms with van der Waals surface area (Å²) >= 11 is 0. The van der Waals surface area contributed by atoms with E-state index in [0.717, 1.165) is 5.57 Å². The molecule has 102 valence electrons. The van der Waals surface area contributed by atoms with Gasteiger partial charge in [0.2, 0.25) is 5.91 Å². The van der Waals surface area contributed by atoms with Gasteiger partial charge in [0.25, 0.3) is 0 Å². The van der Waals surface area contributed by atoms with E-state index >= 15 is 0 Å². The van der Waals surface area contributed by atoms with Gasteiger partial charge in [-0.2, -0.15) is 0 Å². The molecule has 0 unspecified atom stereocenters. The standard InChI is InChI=1S/C15H19NO3/c1-10(2)9-14(17)16-13-7-5-12(6-8-13)15(18)19-11(3)4/h5-9,11H,1-4H3,(H,16,17). The lowest BCUT2D eigenvalue weighted by molar-refractivity contribution is -0.111. The molecule has 0 aromatic heterocycles. The van der Waals surface area contributed by atoms with Gasteiger partial charge in [0.15, 0.2) is 0 Å². The predicted molar refractivity (Wildman–Crippen MR) is 75.1 cm³/mol. The van der Waals surface area contributed by atoms with Crippen molar-refractivity contribution in [2.75, 3.05) is 5.32 Å². The van der Waals surface area contributed by atoms with Crippen molar-refractivity contribution in [3.05, 3.63) is 41.5 Å². The maximum Gasteiger partial charge on any atom is 0.338 e. The number of anilines is 1. The van der Waals surface area contributed by atoms with E-state index in [9.17, 15) is 9.59 Å². The molecule has 0 aliphatic heterocycles. The van der Waals surface area contributed by atoms with Crippen molar-refractivity contribution >= 4 is 17.6 Å². The summed E-state index contributed by atoms with van der Waals surface area (Å²) in [6, 6.07) is 6.60. The molecule has 0 fully saturated rings. The lowest BCUT2D eigenvalue weighted by Gasteiger charge is -2.08. The van der Waals surface area contributed by atoms with E-state index in [-0.39, 0.29) is 18.0 Å². The van der Waals surface area contributed by atoms with Crippen LogP contribution in [0.5, 0.6) is 0 Å². The summed E-state index contributed by atoms with van der Waals surface area (Å²) in [5, 5.41) is 2.71. The molecule has 4 heteroatoms. The summed E-state index contributed by atoms with van der Waals surface area (Å²) in [7, 11) is 0. The first kappa shape index (κ1) is 15.0. The number of hydrogen-bond donors (Lipinski definition) is 1. The van der Waals surface area contributed by atoms with Gasteiger partial charge in [0, 0.05) is 11.8 Å². The lowest BCUT2D eigenvalue weighted by Crippen LogP contribution is -2.12. The Morgan fingerprint density at radius 3 is 2.21 bits per heavy atom. The van der Waals surface area contributed by atoms with Crippen LogP contribution in [0, 0.1) is 0 Å². The number of allylic oxidation sites excluding steroid dienone is 1. The smallest absolute Gasteiger partial charge is 0.338 e. The van der Waals surface area contributed by atoms with E-state index < -0.39 is 0 Å². The minimum absolute atomic E-state index is 0.149. The second-order valence-electron chi connectivity index (χ2n) is 4.74. The summed E-state index contributed by atoms with van der Waals surface area (Å²) in [4.78, 5) is 23.1. The summed E-state index contributed by atoms with van der Waals surface area (Å²) in [5.41, 5.74) is 2.03. The van der Waals surface area contributed by atoms with Crippen molar-refractivity contribution in [3.8, 4) is 0 Å². The van der Waals surface area contributed by atoms with Crippen LogP contribution in [0.1, 0.15) is 38.1 Å². The molecule has 0 aliphatic rings. The molecule has 1 amide bonds. The molecule has 19 heavy (non-hydrogen) atoms. The Hall–Kier alpha value is -2.10. The summed E-state index contributed by atoms with van der Waals surface area (Å²) in [6.45, 7) is 7.30. The van der Waals surface area contributed by atoms with Gasteiger partial charge in [-0.25, -0.2) is 4.79 Å². The molecule has 4 nitrogen and oxygen atoms in total. The van der Waals surface area contributed by atoms with Gasteiger partial charge in [-0.05, 0) is 52.0 Å². The molecule has 0 saturated heterocycles. The number of carbonyl (C=O) groups is 2. The fourth-order valence-electron chi connectivity index (χ4n) is 1.41. The number of benzene rings is 1. The van der Waals surface area contributed by atoms with Crippen molar-refractivity contribution in [2.45, 2.75) is 33.8 Å². The number of hydrogen-bond acceptors (Lipinski definition) is 3. The summed E-state index contributed by atoms with van der Waals surface area (Å²) in [6.07, 6.45) is 1.37. The third-order valence-corrected chi connectivity index (χ3v) is 2.15. The molecular weight excluding hydrogens is 242 g/mol. The van der Waals surface area contributed by atoms with Gasteiger partial charge < -0.3 is 10.1 Å². The van der Waals surface area contributed by atoms with Crippen LogP contribution < -0.4 is 5.32 Å². The molecule has 1 rings (SSSR count). The van der Waals surface area contributed by atoms with Crippen LogP contribution in [0.4, 0.5) is 5.69 Å². The zero-order chi connectivity index (χ0) is 14.4. The van der Waals surface area contributed by atoms with Crippen molar-refractivity contribution in [3.63, 3.8) is 0 Å². The van der Waals surface area contributed by atoms with E-state index in [2.05, 4.69) is 5.32 Å². The van der Waals surface area contributed by atoms with E-state index in [4.69, 9.17) is 4.74 Å². The van der Waals surface area contributed by atoms with E-state index in [1.807, 2.05) is 13.8 Å². The average Bonchev–Trinajstić information content (AvgIpc) is 2.27. The van der Waals surface area contributed by atoms with Gasteiger partial charge in [0.05, 0.1) is 11.7 Å². The number of amides is 1. The molecule has 1 N–H and O–H groups in total. The highest BCUT2D eigenvalue weighted by Gasteiger charge is 2.08. The first-order chi connectivity index (χ1) is 8.88. The van der Waals surface area contributed by atoms with E-state index in [1.54, 1.807) is 38.1 Å². The van der Waals surface area contributed by atoms with Crippen LogP contribution in [0.3, 0.4) is 0 Å². The van der Waals surface area contributed by atoms with Crippen LogP contribution >= 0.6 is 0 Å². The Kier molecular flexibility index (Phi) is 5.30. The fraction of sp³-hybridized carbons (Fsp3) is 0.333. The molecule has 0 heterocycles. The highest BCUT2D eigenvalue weighted by Crippen LogP contribution is 2.11. The minimum atomic E-state index is -0.364. The summed E-state index contributed by atoms with van der Waals surface area (Å²) in [5.74, 6) is -0.547. The molecule has 0 spiro atoms. The second-order valence-corrected chi connectivity index (χ2v) is 4.74. The predicted octanol–water partition coefficient (Wildman–Crippen LogP) is 3.16. The molecule has 0 saturated carbocycles. The summed E-state index contributed by atoms with van der Waals surface area (Å²) < 4.78 is 5.07. The van der Waals surface area contributed by atoms with Crippen molar-refractivity contribution < 1.29 is 14.3 Å². The number of esters is 1. The van der Waals surface area contributed by atoms with Gasteiger partial charge in [0.1, 0.15) is 0 Å². The topological polar surface area (TPSA) is 55.4 Å². The number of ether oxygens (including phenoxy) is 1. The first-order valence-corrected chi connectivity index (χ1v) is 6.15. The molecule has 1 aromatic carbocycles. The van der Waals surface area contributed by atoms with Gasteiger partial charge >= 0.3 is 5.97 Å². The monoisotopic (exact) mass is 261 g/mol. The van der Waals surface area contributed by atoms with E-state index in [0.29, 0.717) is 11.3 Å². The van der Waals surface area contributed by atoms with Crippen molar-refractivity contribution in [1.29, 1.82) is 0 Å². The highest BCUT2D eigenvalue weighted by molar-refractivity contribution is 6.00. The lowest BCUT2D eigenvalue weighted by atomic mass is 10.2. The molecule has 0 atom stereocenters. The molecule has 0 aliphatic carbocycles. The molecule has 1 aromatic rings. The van der Waals surface area contributed by atoms with Crippen LogP contribution in [0.15, 0.2) is 35.9 Å². The van der Waals surface area contributed by atoms with Gasteiger partial charge in [-0.15, -0.1) is 0 Å². The zero-order valence-electron chi connectivity index (χ0n) is 11.7. The Balaban J connectivity index is 2.69. The SMILES string of the molecule is CC(C)=CC(=O)Nc1ccc(C(=O)OC(C)C)cc1. The van der Waals surface area contributed by atoms with Crippen LogP contribution in [0.25, 0.3) is 0 Å².